The second kappa shape index (κ2) is 8.05. The molecule has 1 N–H and O–H groups in total. The van der Waals surface area contributed by atoms with Crippen LogP contribution in [0.15, 0.2) is 60.7 Å². The van der Waals surface area contributed by atoms with Crippen LogP contribution in [0.4, 0.5) is 0 Å². The van der Waals surface area contributed by atoms with Crippen molar-refractivity contribution in [2.75, 3.05) is 14.1 Å². The lowest BCUT2D eigenvalue weighted by molar-refractivity contribution is -0.127. The predicted octanol–water partition coefficient (Wildman–Crippen LogP) is 4.23. The van der Waals surface area contributed by atoms with Gasteiger partial charge in [-0.1, -0.05) is 60.7 Å². The van der Waals surface area contributed by atoms with Crippen LogP contribution in [0.1, 0.15) is 45.2 Å². The molecule has 2 aromatic rings. The van der Waals surface area contributed by atoms with Gasteiger partial charge in [-0.25, -0.2) is 0 Å². The molecule has 0 aliphatic rings. The molecule has 1 atom stereocenters. The normalized spacial score (nSPS) is 13.5. The Bertz CT molecular complexity index is 662. The molecule has 2 rings (SSSR count). The van der Waals surface area contributed by atoms with E-state index in [2.05, 4.69) is 55.5 Å². The van der Waals surface area contributed by atoms with Crippen molar-refractivity contribution >= 4 is 5.91 Å². The fourth-order valence-corrected chi connectivity index (χ4v) is 3.28. The molecular weight excluding hydrogens is 320 g/mol. The monoisotopic (exact) mass is 352 g/mol. The van der Waals surface area contributed by atoms with Crippen LogP contribution < -0.4 is 5.32 Å². The number of carbonyl (C=O) groups excluding carboxylic acids is 1. The van der Waals surface area contributed by atoms with E-state index >= 15 is 0 Å². The minimum atomic E-state index is -0.737. The molecule has 0 saturated carbocycles. The minimum Gasteiger partial charge on any atom is -0.350 e. The molecule has 0 aliphatic carbocycles. The SMILES string of the molecule is CC(CC(C(=O)NC(C)(C)C)(c1ccccc1)c1ccccc1)N(C)C. The summed E-state index contributed by atoms with van der Waals surface area (Å²) < 4.78 is 0. The number of rotatable bonds is 6. The smallest absolute Gasteiger partial charge is 0.235 e. The lowest BCUT2D eigenvalue weighted by Crippen LogP contribution is -2.53. The van der Waals surface area contributed by atoms with Crippen LogP contribution in [0.2, 0.25) is 0 Å². The van der Waals surface area contributed by atoms with Crippen molar-refractivity contribution in [2.24, 2.45) is 0 Å². The zero-order chi connectivity index (χ0) is 19.4. The number of benzene rings is 2. The first kappa shape index (κ1) is 20.2. The van der Waals surface area contributed by atoms with E-state index in [-0.39, 0.29) is 17.5 Å². The lowest BCUT2D eigenvalue weighted by Gasteiger charge is -2.39. The molecule has 3 nitrogen and oxygen atoms in total. The Balaban J connectivity index is 2.68. The van der Waals surface area contributed by atoms with Crippen molar-refractivity contribution in [3.63, 3.8) is 0 Å². The number of hydrogen-bond acceptors (Lipinski definition) is 2. The molecule has 0 fully saturated rings. The zero-order valence-electron chi connectivity index (χ0n) is 16.9. The van der Waals surface area contributed by atoms with Gasteiger partial charge in [-0.05, 0) is 59.3 Å². The lowest BCUT2D eigenvalue weighted by atomic mass is 9.69. The Morgan fingerprint density at radius 1 is 0.923 bits per heavy atom. The first-order chi connectivity index (χ1) is 12.2. The fourth-order valence-electron chi connectivity index (χ4n) is 3.28. The van der Waals surface area contributed by atoms with Crippen LogP contribution in [0.3, 0.4) is 0 Å². The van der Waals surface area contributed by atoms with Gasteiger partial charge in [0, 0.05) is 11.6 Å². The third kappa shape index (κ3) is 4.53. The maximum absolute atomic E-state index is 13.7. The Labute approximate surface area is 158 Å². The van der Waals surface area contributed by atoms with Gasteiger partial charge >= 0.3 is 0 Å². The zero-order valence-corrected chi connectivity index (χ0v) is 16.9. The Morgan fingerprint density at radius 2 is 1.35 bits per heavy atom. The molecule has 0 bridgehead atoms. The molecule has 0 heterocycles. The molecule has 0 radical (unpaired) electrons. The van der Waals surface area contributed by atoms with Crippen molar-refractivity contribution in [3.05, 3.63) is 71.8 Å². The van der Waals surface area contributed by atoms with E-state index in [0.29, 0.717) is 6.42 Å². The predicted molar refractivity (Wildman–Crippen MR) is 109 cm³/mol. The van der Waals surface area contributed by atoms with E-state index in [4.69, 9.17) is 0 Å². The summed E-state index contributed by atoms with van der Waals surface area (Å²) in [6, 6.07) is 20.5. The second-order valence-electron chi connectivity index (χ2n) is 8.36. The molecule has 26 heavy (non-hydrogen) atoms. The standard InChI is InChI=1S/C23H32N2O/c1-18(25(5)6)17-23(19-13-9-7-10-14-19,20-15-11-8-12-16-20)21(26)24-22(2,3)4/h7-16,18H,17H2,1-6H3,(H,24,26). The summed E-state index contributed by atoms with van der Waals surface area (Å²) in [5.41, 5.74) is 1.02. The van der Waals surface area contributed by atoms with Crippen LogP contribution in [0.25, 0.3) is 0 Å². The van der Waals surface area contributed by atoms with Gasteiger partial charge in [0.25, 0.3) is 0 Å². The summed E-state index contributed by atoms with van der Waals surface area (Å²) in [5.74, 6) is 0.0519. The van der Waals surface area contributed by atoms with E-state index in [0.717, 1.165) is 11.1 Å². The topological polar surface area (TPSA) is 32.3 Å². The molecule has 0 aromatic heterocycles. The molecule has 0 spiro atoms. The first-order valence-electron chi connectivity index (χ1n) is 9.27. The average Bonchev–Trinajstić information content (AvgIpc) is 2.59. The fraction of sp³-hybridized carbons (Fsp3) is 0.435. The van der Waals surface area contributed by atoms with Gasteiger partial charge < -0.3 is 10.2 Å². The van der Waals surface area contributed by atoms with Crippen LogP contribution in [-0.4, -0.2) is 36.5 Å². The summed E-state index contributed by atoms with van der Waals surface area (Å²) in [6.07, 6.45) is 0.704. The van der Waals surface area contributed by atoms with E-state index in [1.807, 2.05) is 57.2 Å². The molecule has 2 aromatic carbocycles. The summed E-state index contributed by atoms with van der Waals surface area (Å²) >= 11 is 0. The van der Waals surface area contributed by atoms with Crippen molar-refractivity contribution in [2.45, 2.75) is 51.1 Å². The van der Waals surface area contributed by atoms with E-state index in [1.54, 1.807) is 0 Å². The van der Waals surface area contributed by atoms with Gasteiger partial charge in [-0.15, -0.1) is 0 Å². The summed E-state index contributed by atoms with van der Waals surface area (Å²) in [4.78, 5) is 15.9. The quantitative estimate of drug-likeness (QED) is 0.844. The maximum atomic E-state index is 13.7. The third-order valence-electron chi connectivity index (χ3n) is 4.89. The minimum absolute atomic E-state index is 0.0519. The van der Waals surface area contributed by atoms with Crippen LogP contribution in [0, 0.1) is 0 Å². The highest BCUT2D eigenvalue weighted by Crippen LogP contribution is 2.38. The number of nitrogens with one attached hydrogen (secondary N) is 1. The second-order valence-corrected chi connectivity index (χ2v) is 8.36. The average molecular weight is 353 g/mol. The summed E-state index contributed by atoms with van der Waals surface area (Å²) in [7, 11) is 4.13. The van der Waals surface area contributed by atoms with Crippen LogP contribution >= 0.6 is 0 Å². The number of hydrogen-bond donors (Lipinski definition) is 1. The largest absolute Gasteiger partial charge is 0.350 e. The van der Waals surface area contributed by atoms with Gasteiger partial charge in [0.2, 0.25) is 5.91 Å². The Hall–Kier alpha value is -2.13. The van der Waals surface area contributed by atoms with Gasteiger partial charge in [0.1, 0.15) is 5.41 Å². The maximum Gasteiger partial charge on any atom is 0.235 e. The van der Waals surface area contributed by atoms with Crippen molar-refractivity contribution in [1.29, 1.82) is 0 Å². The van der Waals surface area contributed by atoms with Gasteiger partial charge in [0.15, 0.2) is 0 Å². The summed E-state index contributed by atoms with van der Waals surface area (Å²) in [5, 5.41) is 3.24. The van der Waals surface area contributed by atoms with Gasteiger partial charge in [-0.3, -0.25) is 4.79 Å². The molecule has 3 heteroatoms. The van der Waals surface area contributed by atoms with Crippen LogP contribution in [0.5, 0.6) is 0 Å². The van der Waals surface area contributed by atoms with Crippen LogP contribution in [-0.2, 0) is 10.2 Å². The highest BCUT2D eigenvalue weighted by atomic mass is 16.2. The number of carbonyl (C=O) groups is 1. The molecule has 0 aliphatic heterocycles. The van der Waals surface area contributed by atoms with Gasteiger partial charge in [0.05, 0.1) is 0 Å². The summed E-state index contributed by atoms with van der Waals surface area (Å²) in [6.45, 7) is 8.26. The first-order valence-corrected chi connectivity index (χ1v) is 9.27. The van der Waals surface area contributed by atoms with E-state index in [9.17, 15) is 4.79 Å². The molecule has 140 valence electrons. The van der Waals surface area contributed by atoms with Crippen molar-refractivity contribution in [1.82, 2.24) is 10.2 Å². The number of nitrogens with zero attached hydrogens (tertiary/aromatic N) is 1. The highest BCUT2D eigenvalue weighted by molar-refractivity contribution is 5.92. The van der Waals surface area contributed by atoms with Crippen molar-refractivity contribution in [3.8, 4) is 0 Å². The number of amides is 1. The Morgan fingerprint density at radius 3 is 1.69 bits per heavy atom. The van der Waals surface area contributed by atoms with E-state index in [1.165, 1.54) is 0 Å². The molecule has 1 unspecified atom stereocenters. The Kier molecular flexibility index (Phi) is 6.25. The van der Waals surface area contributed by atoms with E-state index < -0.39 is 5.41 Å². The van der Waals surface area contributed by atoms with Crippen molar-refractivity contribution < 1.29 is 4.79 Å². The molecule has 1 amide bonds. The molecule has 0 saturated heterocycles. The van der Waals surface area contributed by atoms with Gasteiger partial charge in [-0.2, -0.15) is 0 Å². The third-order valence-corrected chi connectivity index (χ3v) is 4.89. The molecular formula is C23H32N2O. The highest BCUT2D eigenvalue weighted by Gasteiger charge is 2.44.